The second kappa shape index (κ2) is 5.58. The van der Waals surface area contributed by atoms with Crippen molar-refractivity contribution in [2.45, 2.75) is 25.8 Å². The first kappa shape index (κ1) is 13.4. The van der Waals surface area contributed by atoms with Crippen LogP contribution in [0.4, 0.5) is 5.69 Å². The van der Waals surface area contributed by atoms with Crippen molar-refractivity contribution in [1.82, 2.24) is 5.32 Å². The molecule has 0 spiro atoms. The maximum atomic E-state index is 10.6. The molecule has 1 N–H and O–H groups in total. The van der Waals surface area contributed by atoms with E-state index in [2.05, 4.69) is 41.8 Å². The van der Waals surface area contributed by atoms with Crippen molar-refractivity contribution in [3.63, 3.8) is 0 Å². The molecule has 0 amide bonds. The molecule has 16 heavy (non-hydrogen) atoms. The molecular weight excluding hydrogens is 319 g/mol. The number of nitrogens with zero attached hydrogens (tertiary/aromatic N) is 1. The molecule has 1 aromatic rings. The molecule has 0 fully saturated rings. The van der Waals surface area contributed by atoms with Crippen LogP contribution in [0.5, 0.6) is 0 Å². The summed E-state index contributed by atoms with van der Waals surface area (Å²) in [5, 5.41) is 13.8. The van der Waals surface area contributed by atoms with Gasteiger partial charge < -0.3 is 5.32 Å². The van der Waals surface area contributed by atoms with Gasteiger partial charge in [-0.3, -0.25) is 10.1 Å². The highest BCUT2D eigenvalue weighted by Crippen LogP contribution is 2.27. The number of nitrogens with one attached hydrogen (secondary N) is 1. The van der Waals surface area contributed by atoms with Crippen molar-refractivity contribution in [3.8, 4) is 0 Å². The predicted molar refractivity (Wildman–Crippen MR) is 72.8 cm³/mol. The number of non-ortho nitro benzene ring substituents is 1. The van der Waals surface area contributed by atoms with E-state index in [-0.39, 0.29) is 10.6 Å². The van der Waals surface area contributed by atoms with Gasteiger partial charge in [0.25, 0.3) is 5.69 Å². The summed E-state index contributed by atoms with van der Waals surface area (Å²) in [6, 6.07) is 5.37. The zero-order valence-electron chi connectivity index (χ0n) is 9.53. The lowest BCUT2D eigenvalue weighted by Crippen LogP contribution is -2.27. The lowest BCUT2D eigenvalue weighted by atomic mass is 9.94. The lowest BCUT2D eigenvalue weighted by molar-refractivity contribution is -0.385. The summed E-state index contributed by atoms with van der Waals surface area (Å²) in [7, 11) is 1.92. The Labute approximate surface area is 109 Å². The number of nitro benzene ring substituents is 1. The summed E-state index contributed by atoms with van der Waals surface area (Å²) in [4.78, 5) is 10.3. The number of halogens is 1. The Balaban J connectivity index is 3.03. The molecule has 0 bridgehead atoms. The van der Waals surface area contributed by atoms with Crippen LogP contribution in [-0.4, -0.2) is 18.0 Å². The highest BCUT2D eigenvalue weighted by atomic mass is 127. The third kappa shape index (κ3) is 2.91. The van der Waals surface area contributed by atoms with Gasteiger partial charge in [-0.25, -0.2) is 0 Å². The first-order valence-electron chi connectivity index (χ1n) is 5.08. The van der Waals surface area contributed by atoms with Gasteiger partial charge in [-0.2, -0.15) is 0 Å². The zero-order chi connectivity index (χ0) is 12.3. The average molecular weight is 334 g/mol. The maximum Gasteiger partial charge on any atom is 0.270 e. The highest BCUT2D eigenvalue weighted by Gasteiger charge is 2.17. The van der Waals surface area contributed by atoms with Gasteiger partial charge in [0, 0.05) is 21.7 Å². The Hall–Kier alpha value is -0.690. The SMILES string of the molecule is CNC(C)C(C)c1ccc([N+](=O)[O-])cc1I. The van der Waals surface area contributed by atoms with Crippen molar-refractivity contribution in [2.75, 3.05) is 7.05 Å². The van der Waals surface area contributed by atoms with E-state index in [0.717, 1.165) is 9.13 Å². The fourth-order valence-corrected chi connectivity index (χ4v) is 2.51. The van der Waals surface area contributed by atoms with Crippen LogP contribution >= 0.6 is 22.6 Å². The molecule has 0 aliphatic rings. The Bertz CT molecular complexity index is 396. The molecule has 0 saturated heterocycles. The number of hydrogen-bond donors (Lipinski definition) is 1. The lowest BCUT2D eigenvalue weighted by Gasteiger charge is -2.20. The minimum absolute atomic E-state index is 0.150. The number of rotatable bonds is 4. The van der Waals surface area contributed by atoms with Crippen LogP contribution in [0.1, 0.15) is 25.3 Å². The van der Waals surface area contributed by atoms with Gasteiger partial charge in [-0.1, -0.05) is 13.0 Å². The van der Waals surface area contributed by atoms with E-state index in [9.17, 15) is 10.1 Å². The molecule has 1 rings (SSSR count). The summed E-state index contributed by atoms with van der Waals surface area (Å²) in [5.41, 5.74) is 1.30. The summed E-state index contributed by atoms with van der Waals surface area (Å²) in [6.07, 6.45) is 0. The highest BCUT2D eigenvalue weighted by molar-refractivity contribution is 14.1. The van der Waals surface area contributed by atoms with Gasteiger partial charge in [0.05, 0.1) is 4.92 Å². The minimum Gasteiger partial charge on any atom is -0.317 e. The number of benzene rings is 1. The Morgan fingerprint density at radius 3 is 2.50 bits per heavy atom. The van der Waals surface area contributed by atoms with Crippen LogP contribution in [0.2, 0.25) is 0 Å². The Morgan fingerprint density at radius 2 is 2.06 bits per heavy atom. The van der Waals surface area contributed by atoms with E-state index in [4.69, 9.17) is 0 Å². The largest absolute Gasteiger partial charge is 0.317 e. The molecule has 4 nitrogen and oxygen atoms in total. The van der Waals surface area contributed by atoms with E-state index in [1.165, 1.54) is 0 Å². The first-order valence-corrected chi connectivity index (χ1v) is 6.16. The summed E-state index contributed by atoms with van der Waals surface area (Å²) in [6.45, 7) is 4.21. The molecule has 0 radical (unpaired) electrons. The molecule has 2 atom stereocenters. The average Bonchev–Trinajstić information content (AvgIpc) is 2.26. The molecule has 0 heterocycles. The second-order valence-corrected chi connectivity index (χ2v) is 4.99. The monoisotopic (exact) mass is 334 g/mol. The fourth-order valence-electron chi connectivity index (χ4n) is 1.52. The van der Waals surface area contributed by atoms with Crippen LogP contribution in [-0.2, 0) is 0 Å². The van der Waals surface area contributed by atoms with E-state index in [1.807, 2.05) is 13.1 Å². The molecule has 0 saturated carbocycles. The third-order valence-electron chi connectivity index (χ3n) is 2.89. The quantitative estimate of drug-likeness (QED) is 0.523. The zero-order valence-corrected chi connectivity index (χ0v) is 11.7. The van der Waals surface area contributed by atoms with Gasteiger partial charge >= 0.3 is 0 Å². The maximum absolute atomic E-state index is 10.6. The number of nitro groups is 1. The van der Waals surface area contributed by atoms with Crippen molar-refractivity contribution in [2.24, 2.45) is 0 Å². The number of hydrogen-bond acceptors (Lipinski definition) is 3. The van der Waals surface area contributed by atoms with Crippen molar-refractivity contribution >= 4 is 28.3 Å². The van der Waals surface area contributed by atoms with Crippen LogP contribution in [0.15, 0.2) is 18.2 Å². The van der Waals surface area contributed by atoms with Gasteiger partial charge in [-0.15, -0.1) is 0 Å². The van der Waals surface area contributed by atoms with E-state index in [0.29, 0.717) is 12.0 Å². The van der Waals surface area contributed by atoms with Gasteiger partial charge in [0.1, 0.15) is 0 Å². The molecule has 0 aliphatic heterocycles. The predicted octanol–water partition coefficient (Wildman–Crippen LogP) is 2.91. The molecule has 0 aromatic heterocycles. The van der Waals surface area contributed by atoms with E-state index in [1.54, 1.807) is 12.1 Å². The smallest absolute Gasteiger partial charge is 0.270 e. The molecule has 5 heteroatoms. The molecule has 1 aromatic carbocycles. The van der Waals surface area contributed by atoms with Gasteiger partial charge in [0.15, 0.2) is 0 Å². The summed E-state index contributed by atoms with van der Waals surface area (Å²) < 4.78 is 0.946. The van der Waals surface area contributed by atoms with Crippen molar-refractivity contribution < 1.29 is 4.92 Å². The first-order chi connectivity index (χ1) is 7.47. The molecule has 88 valence electrons. The van der Waals surface area contributed by atoms with Crippen LogP contribution < -0.4 is 5.32 Å². The normalized spacial score (nSPS) is 14.5. The van der Waals surface area contributed by atoms with Crippen molar-refractivity contribution in [3.05, 3.63) is 37.4 Å². The van der Waals surface area contributed by atoms with Crippen LogP contribution in [0.25, 0.3) is 0 Å². The summed E-state index contributed by atoms with van der Waals surface area (Å²) in [5.74, 6) is 0.331. The second-order valence-electron chi connectivity index (χ2n) is 3.83. The molecular formula is C11H15IN2O2. The standard InChI is InChI=1S/C11H15IN2O2/c1-7(8(2)13-3)10-5-4-9(14(15)16)6-11(10)12/h4-8,13H,1-3H3. The van der Waals surface area contributed by atoms with Crippen molar-refractivity contribution in [1.29, 1.82) is 0 Å². The Morgan fingerprint density at radius 1 is 1.44 bits per heavy atom. The Kier molecular flexibility index (Phi) is 4.67. The molecule has 0 aliphatic carbocycles. The van der Waals surface area contributed by atoms with Gasteiger partial charge in [0.2, 0.25) is 0 Å². The fraction of sp³-hybridized carbons (Fsp3) is 0.455. The molecule has 2 unspecified atom stereocenters. The number of likely N-dealkylation sites (N-methyl/N-ethyl adjacent to an activating group) is 1. The van der Waals surface area contributed by atoms with Crippen LogP contribution in [0.3, 0.4) is 0 Å². The van der Waals surface area contributed by atoms with Crippen LogP contribution in [0, 0.1) is 13.7 Å². The minimum atomic E-state index is -0.363. The third-order valence-corrected chi connectivity index (χ3v) is 3.82. The topological polar surface area (TPSA) is 55.2 Å². The van der Waals surface area contributed by atoms with E-state index < -0.39 is 0 Å². The van der Waals surface area contributed by atoms with E-state index >= 15 is 0 Å². The summed E-state index contributed by atoms with van der Waals surface area (Å²) >= 11 is 2.15. The van der Waals surface area contributed by atoms with Gasteiger partial charge in [-0.05, 0) is 48.0 Å².